The SMILES string of the molecule is CC(COC(C)(C)CC(C)OC(C)(C)CC(C)OC(C)(C)C)OC(=O)NCCC(F)(F)CC(F)(F)CNC(=O)C(C)(C)C. The van der Waals surface area contributed by atoms with Gasteiger partial charge >= 0.3 is 6.09 Å². The van der Waals surface area contributed by atoms with Crippen molar-refractivity contribution in [3.8, 4) is 0 Å². The summed E-state index contributed by atoms with van der Waals surface area (Å²) >= 11 is 0. The van der Waals surface area contributed by atoms with E-state index in [9.17, 15) is 27.2 Å². The summed E-state index contributed by atoms with van der Waals surface area (Å²) in [6.45, 7) is 22.3. The lowest BCUT2D eigenvalue weighted by molar-refractivity contribution is -0.140. The average Bonchev–Trinajstić information content (AvgIpc) is 2.71. The van der Waals surface area contributed by atoms with E-state index < -0.39 is 72.5 Å². The maximum Gasteiger partial charge on any atom is 0.407 e. The summed E-state index contributed by atoms with van der Waals surface area (Å²) in [5.74, 6) is -8.26. The molecule has 2 N–H and O–H groups in total. The molecule has 43 heavy (non-hydrogen) atoms. The molecule has 0 aliphatic heterocycles. The van der Waals surface area contributed by atoms with E-state index in [0.29, 0.717) is 12.8 Å². The second kappa shape index (κ2) is 16.1. The predicted molar refractivity (Wildman–Crippen MR) is 160 cm³/mol. The summed E-state index contributed by atoms with van der Waals surface area (Å²) in [4.78, 5) is 23.8. The van der Waals surface area contributed by atoms with Gasteiger partial charge < -0.3 is 29.6 Å². The van der Waals surface area contributed by atoms with E-state index in [0.717, 1.165) is 0 Å². The fourth-order valence-corrected chi connectivity index (χ4v) is 4.68. The fraction of sp³-hybridized carbons (Fsp3) is 0.935. The minimum absolute atomic E-state index is 0.00964. The van der Waals surface area contributed by atoms with Crippen molar-refractivity contribution in [2.24, 2.45) is 5.41 Å². The Balaban J connectivity index is 4.56. The molecule has 12 heteroatoms. The van der Waals surface area contributed by atoms with Crippen molar-refractivity contribution in [2.75, 3.05) is 19.7 Å². The largest absolute Gasteiger partial charge is 0.444 e. The van der Waals surface area contributed by atoms with Crippen LogP contribution in [0.2, 0.25) is 0 Å². The molecule has 0 saturated heterocycles. The Kier molecular flexibility index (Phi) is 15.4. The van der Waals surface area contributed by atoms with Crippen molar-refractivity contribution in [1.29, 1.82) is 0 Å². The molecular formula is C31H58F4N2O6. The molecule has 2 amide bonds. The molecule has 3 atom stereocenters. The molecule has 256 valence electrons. The van der Waals surface area contributed by atoms with Gasteiger partial charge in [0, 0.05) is 31.2 Å². The zero-order valence-corrected chi connectivity index (χ0v) is 28.6. The maximum absolute atomic E-state index is 14.2. The highest BCUT2D eigenvalue weighted by atomic mass is 19.3. The van der Waals surface area contributed by atoms with Crippen LogP contribution in [0, 0.1) is 5.41 Å². The Labute approximate surface area is 256 Å². The Morgan fingerprint density at radius 1 is 0.698 bits per heavy atom. The first kappa shape index (κ1) is 41.3. The summed E-state index contributed by atoms with van der Waals surface area (Å²) in [5, 5.41) is 4.17. The molecule has 0 bridgehead atoms. The Bertz CT molecular complexity index is 869. The lowest BCUT2D eigenvalue weighted by Crippen LogP contribution is -2.44. The Morgan fingerprint density at radius 3 is 1.72 bits per heavy atom. The van der Waals surface area contributed by atoms with Crippen molar-refractivity contribution in [3.05, 3.63) is 0 Å². The van der Waals surface area contributed by atoms with E-state index in [1.807, 2.05) is 67.6 Å². The number of ether oxygens (including phenoxy) is 4. The molecule has 0 rings (SSSR count). The lowest BCUT2D eigenvalue weighted by Gasteiger charge is -2.36. The second-order valence-electron chi connectivity index (χ2n) is 14.9. The number of hydrogen-bond donors (Lipinski definition) is 2. The topological polar surface area (TPSA) is 95.1 Å². The highest BCUT2D eigenvalue weighted by Gasteiger charge is 2.43. The van der Waals surface area contributed by atoms with E-state index in [4.69, 9.17) is 18.9 Å². The molecule has 3 unspecified atom stereocenters. The molecule has 0 aromatic heterocycles. The molecule has 0 aromatic rings. The van der Waals surface area contributed by atoms with Crippen molar-refractivity contribution in [2.45, 2.75) is 163 Å². The van der Waals surface area contributed by atoms with Gasteiger partial charge in [-0.2, -0.15) is 0 Å². The molecule has 8 nitrogen and oxygen atoms in total. The van der Waals surface area contributed by atoms with Crippen LogP contribution in [-0.2, 0) is 23.7 Å². The molecule has 0 saturated carbocycles. The summed E-state index contributed by atoms with van der Waals surface area (Å²) in [6, 6.07) is 0. The van der Waals surface area contributed by atoms with Gasteiger partial charge in [0.2, 0.25) is 5.91 Å². The van der Waals surface area contributed by atoms with Crippen LogP contribution >= 0.6 is 0 Å². The summed E-state index contributed by atoms with van der Waals surface area (Å²) in [7, 11) is 0. The zero-order chi connectivity index (χ0) is 34.1. The minimum atomic E-state index is -3.82. The zero-order valence-electron chi connectivity index (χ0n) is 28.6. The normalized spacial score (nSPS) is 15.9. The van der Waals surface area contributed by atoms with Gasteiger partial charge in [0.25, 0.3) is 11.8 Å². The van der Waals surface area contributed by atoms with Gasteiger partial charge in [-0.3, -0.25) is 4.79 Å². The minimum Gasteiger partial charge on any atom is -0.444 e. The van der Waals surface area contributed by atoms with Gasteiger partial charge in [-0.1, -0.05) is 20.8 Å². The number of amides is 2. The van der Waals surface area contributed by atoms with E-state index in [1.165, 1.54) is 20.8 Å². The number of rotatable bonds is 18. The smallest absolute Gasteiger partial charge is 0.407 e. The quantitative estimate of drug-likeness (QED) is 0.155. The van der Waals surface area contributed by atoms with E-state index >= 15 is 0 Å². The molecule has 0 fully saturated rings. The van der Waals surface area contributed by atoms with Crippen LogP contribution in [0.15, 0.2) is 0 Å². The first-order valence-electron chi connectivity index (χ1n) is 15.0. The second-order valence-corrected chi connectivity index (χ2v) is 14.9. The van der Waals surface area contributed by atoms with Crippen molar-refractivity contribution >= 4 is 12.0 Å². The molecule has 0 aliphatic carbocycles. The number of hydrogen-bond acceptors (Lipinski definition) is 6. The van der Waals surface area contributed by atoms with Crippen LogP contribution in [0.5, 0.6) is 0 Å². The summed E-state index contributed by atoms with van der Waals surface area (Å²) < 4.78 is 79.8. The number of halogens is 4. The van der Waals surface area contributed by atoms with Crippen molar-refractivity contribution < 1.29 is 46.1 Å². The van der Waals surface area contributed by atoms with E-state index in [2.05, 4.69) is 5.32 Å². The van der Waals surface area contributed by atoms with Gasteiger partial charge in [-0.15, -0.1) is 0 Å². The van der Waals surface area contributed by atoms with Crippen LogP contribution in [0.3, 0.4) is 0 Å². The Hall–Kier alpha value is -1.66. The molecule has 0 heterocycles. The number of nitrogens with one attached hydrogen (secondary N) is 2. The molecular weight excluding hydrogens is 572 g/mol. The maximum atomic E-state index is 14.2. The van der Waals surface area contributed by atoms with Gasteiger partial charge in [0.15, 0.2) is 0 Å². The van der Waals surface area contributed by atoms with Gasteiger partial charge in [0.05, 0.1) is 48.6 Å². The lowest BCUT2D eigenvalue weighted by atomic mass is 9.95. The van der Waals surface area contributed by atoms with Crippen LogP contribution in [0.25, 0.3) is 0 Å². The number of carbonyl (C=O) groups is 2. The van der Waals surface area contributed by atoms with Crippen LogP contribution in [0.1, 0.15) is 116 Å². The highest BCUT2D eigenvalue weighted by Crippen LogP contribution is 2.33. The third-order valence-corrected chi connectivity index (χ3v) is 6.12. The summed E-state index contributed by atoms with van der Waals surface area (Å²) in [6.07, 6.45) is -3.30. The third kappa shape index (κ3) is 20.8. The van der Waals surface area contributed by atoms with Crippen molar-refractivity contribution in [1.82, 2.24) is 10.6 Å². The van der Waals surface area contributed by atoms with Gasteiger partial charge in [0.1, 0.15) is 6.10 Å². The van der Waals surface area contributed by atoms with E-state index in [-0.39, 0.29) is 24.4 Å². The number of alkyl halides is 4. The number of carbonyl (C=O) groups excluding carboxylic acids is 2. The monoisotopic (exact) mass is 630 g/mol. The average molecular weight is 631 g/mol. The molecule has 0 aliphatic rings. The standard InChI is InChI=1S/C31H58F4N2O6/c1-21(42-27(7,8)9)17-29(12,13)43-22(2)16-28(10,11)40-18-23(3)41-25(39)36-15-14-30(32,33)19-31(34,35)20-37-24(38)26(4,5)6/h21-23H,14-20H2,1-13H3,(H,36,39)(H,37,38). The van der Waals surface area contributed by atoms with Crippen molar-refractivity contribution in [3.63, 3.8) is 0 Å². The first-order valence-corrected chi connectivity index (χ1v) is 15.0. The highest BCUT2D eigenvalue weighted by molar-refractivity contribution is 5.81. The molecule has 0 aromatic carbocycles. The van der Waals surface area contributed by atoms with E-state index in [1.54, 1.807) is 6.92 Å². The molecule has 0 radical (unpaired) electrons. The molecule has 0 spiro atoms. The van der Waals surface area contributed by atoms with Crippen LogP contribution in [-0.4, -0.2) is 78.7 Å². The number of alkyl carbamates (subject to hydrolysis) is 1. The van der Waals surface area contributed by atoms with Gasteiger partial charge in [-0.25, -0.2) is 22.4 Å². The Morgan fingerprint density at radius 2 is 1.21 bits per heavy atom. The van der Waals surface area contributed by atoms with Crippen LogP contribution in [0.4, 0.5) is 22.4 Å². The summed E-state index contributed by atoms with van der Waals surface area (Å²) in [5.41, 5.74) is -2.21. The third-order valence-electron chi connectivity index (χ3n) is 6.12. The predicted octanol–water partition coefficient (Wildman–Crippen LogP) is 7.28. The fourth-order valence-electron chi connectivity index (χ4n) is 4.68. The first-order chi connectivity index (χ1) is 19.0. The van der Waals surface area contributed by atoms with Crippen LogP contribution < -0.4 is 10.6 Å². The van der Waals surface area contributed by atoms with Gasteiger partial charge in [-0.05, 0) is 69.2 Å².